The third-order valence-corrected chi connectivity index (χ3v) is 5.24. The minimum Gasteiger partial charge on any atom is -0.482 e. The number of rotatable bonds is 7. The van der Waals surface area contributed by atoms with E-state index in [0.29, 0.717) is 16.7 Å². The van der Waals surface area contributed by atoms with Crippen molar-refractivity contribution in [2.24, 2.45) is 0 Å². The monoisotopic (exact) mass is 423 g/mol. The van der Waals surface area contributed by atoms with E-state index < -0.39 is 5.82 Å². The van der Waals surface area contributed by atoms with Gasteiger partial charge in [-0.05, 0) is 35.0 Å². The largest absolute Gasteiger partial charge is 0.482 e. The van der Waals surface area contributed by atoms with Crippen LogP contribution in [0.15, 0.2) is 71.9 Å². The SMILES string of the molecule is Nn1c(COc2ccccc2F)nnc1SCC(=O)Nc1ccc2ccccc2c1. The lowest BCUT2D eigenvalue weighted by Gasteiger charge is -2.08. The van der Waals surface area contributed by atoms with E-state index in [0.717, 1.165) is 22.5 Å². The Morgan fingerprint density at radius 1 is 1.07 bits per heavy atom. The Morgan fingerprint density at radius 2 is 1.83 bits per heavy atom. The Bertz CT molecular complexity index is 1200. The molecule has 0 fully saturated rings. The molecule has 0 saturated carbocycles. The fourth-order valence-electron chi connectivity index (χ4n) is 2.80. The van der Waals surface area contributed by atoms with E-state index in [1.165, 1.54) is 16.8 Å². The second kappa shape index (κ2) is 8.83. The molecule has 152 valence electrons. The Hall–Kier alpha value is -3.59. The summed E-state index contributed by atoms with van der Waals surface area (Å²) in [6, 6.07) is 19.7. The van der Waals surface area contributed by atoms with Gasteiger partial charge in [0.15, 0.2) is 17.4 Å². The van der Waals surface area contributed by atoms with Gasteiger partial charge in [0, 0.05) is 5.69 Å². The molecule has 0 spiro atoms. The number of nitrogens with two attached hydrogens (primary N) is 1. The molecule has 30 heavy (non-hydrogen) atoms. The Morgan fingerprint density at radius 3 is 2.67 bits per heavy atom. The molecule has 0 unspecified atom stereocenters. The van der Waals surface area contributed by atoms with Gasteiger partial charge >= 0.3 is 0 Å². The summed E-state index contributed by atoms with van der Waals surface area (Å²) in [5, 5.41) is 13.3. The summed E-state index contributed by atoms with van der Waals surface area (Å²) in [6.07, 6.45) is 0. The number of nitrogen functional groups attached to an aromatic ring is 1. The molecule has 9 heteroatoms. The first kappa shape index (κ1) is 19.7. The van der Waals surface area contributed by atoms with Gasteiger partial charge in [-0.25, -0.2) is 9.07 Å². The van der Waals surface area contributed by atoms with Crippen molar-refractivity contribution in [2.45, 2.75) is 11.8 Å². The van der Waals surface area contributed by atoms with Crippen molar-refractivity contribution in [1.29, 1.82) is 0 Å². The van der Waals surface area contributed by atoms with E-state index in [-0.39, 0.29) is 24.0 Å². The van der Waals surface area contributed by atoms with E-state index >= 15 is 0 Å². The fourth-order valence-corrected chi connectivity index (χ4v) is 3.48. The standard InChI is InChI=1S/C21H18FN5O2S/c22-17-7-3-4-8-18(17)29-12-19-25-26-21(27(19)23)30-13-20(28)24-16-10-9-14-5-1-2-6-15(14)11-16/h1-11H,12-13,23H2,(H,24,28). The average molecular weight is 423 g/mol. The lowest BCUT2D eigenvalue weighted by Crippen LogP contribution is -2.18. The molecular formula is C21H18FN5O2S. The molecule has 0 aliphatic rings. The number of aromatic nitrogens is 3. The molecule has 4 aromatic rings. The summed E-state index contributed by atoms with van der Waals surface area (Å²) in [6.45, 7) is -0.0473. The van der Waals surface area contributed by atoms with E-state index in [2.05, 4.69) is 15.5 Å². The Balaban J connectivity index is 1.33. The zero-order valence-corrected chi connectivity index (χ0v) is 16.6. The van der Waals surface area contributed by atoms with E-state index in [1.54, 1.807) is 12.1 Å². The summed E-state index contributed by atoms with van der Waals surface area (Å²) in [4.78, 5) is 12.3. The highest BCUT2D eigenvalue weighted by atomic mass is 32.2. The molecule has 0 bridgehead atoms. The zero-order chi connectivity index (χ0) is 20.9. The fraction of sp³-hybridized carbons (Fsp3) is 0.0952. The van der Waals surface area contributed by atoms with Crippen LogP contribution in [0.5, 0.6) is 5.75 Å². The smallest absolute Gasteiger partial charge is 0.234 e. The number of hydrogen-bond donors (Lipinski definition) is 2. The number of nitrogens with one attached hydrogen (secondary N) is 1. The number of para-hydroxylation sites is 1. The van der Waals surface area contributed by atoms with Crippen LogP contribution in [0.1, 0.15) is 5.82 Å². The second-order valence-electron chi connectivity index (χ2n) is 6.39. The van der Waals surface area contributed by atoms with Gasteiger partial charge in [0.25, 0.3) is 0 Å². The summed E-state index contributed by atoms with van der Waals surface area (Å²) in [7, 11) is 0. The molecule has 1 amide bonds. The molecule has 1 aromatic heterocycles. The number of halogens is 1. The summed E-state index contributed by atoms with van der Waals surface area (Å²) < 4.78 is 20.2. The van der Waals surface area contributed by atoms with Crippen LogP contribution in [0.25, 0.3) is 10.8 Å². The van der Waals surface area contributed by atoms with Gasteiger partial charge in [0.1, 0.15) is 6.61 Å². The highest BCUT2D eigenvalue weighted by Crippen LogP contribution is 2.21. The van der Waals surface area contributed by atoms with Crippen LogP contribution >= 0.6 is 11.8 Å². The molecule has 0 atom stereocenters. The van der Waals surface area contributed by atoms with Crippen LogP contribution in [0.4, 0.5) is 10.1 Å². The molecule has 3 aromatic carbocycles. The lowest BCUT2D eigenvalue weighted by molar-refractivity contribution is -0.113. The highest BCUT2D eigenvalue weighted by molar-refractivity contribution is 7.99. The van der Waals surface area contributed by atoms with Gasteiger partial charge in [-0.15, -0.1) is 10.2 Å². The van der Waals surface area contributed by atoms with Crippen molar-refractivity contribution in [3.8, 4) is 5.75 Å². The second-order valence-corrected chi connectivity index (χ2v) is 7.33. The van der Waals surface area contributed by atoms with Crippen LogP contribution in [0.2, 0.25) is 0 Å². The van der Waals surface area contributed by atoms with Crippen molar-refractivity contribution in [3.05, 3.63) is 78.4 Å². The number of carbonyl (C=O) groups is 1. The van der Waals surface area contributed by atoms with Gasteiger partial charge in [0.05, 0.1) is 5.75 Å². The molecule has 7 nitrogen and oxygen atoms in total. The van der Waals surface area contributed by atoms with Gasteiger partial charge in [-0.2, -0.15) is 0 Å². The van der Waals surface area contributed by atoms with Crippen molar-refractivity contribution < 1.29 is 13.9 Å². The van der Waals surface area contributed by atoms with Gasteiger partial charge in [-0.1, -0.05) is 54.2 Å². The summed E-state index contributed by atoms with van der Waals surface area (Å²) in [5.74, 6) is 5.83. The van der Waals surface area contributed by atoms with Gasteiger partial charge in [0.2, 0.25) is 11.1 Å². The number of benzene rings is 3. The van der Waals surface area contributed by atoms with E-state index in [4.69, 9.17) is 10.6 Å². The van der Waals surface area contributed by atoms with Crippen LogP contribution in [-0.4, -0.2) is 26.5 Å². The maximum atomic E-state index is 13.6. The zero-order valence-electron chi connectivity index (χ0n) is 15.8. The molecule has 0 aliphatic carbocycles. The normalized spacial score (nSPS) is 10.8. The molecule has 4 rings (SSSR count). The maximum absolute atomic E-state index is 13.6. The molecule has 0 saturated heterocycles. The van der Waals surface area contributed by atoms with Crippen molar-refractivity contribution in [1.82, 2.24) is 14.9 Å². The average Bonchev–Trinajstić information content (AvgIpc) is 3.11. The molecule has 0 aliphatic heterocycles. The highest BCUT2D eigenvalue weighted by Gasteiger charge is 2.14. The molecule has 3 N–H and O–H groups in total. The first-order valence-electron chi connectivity index (χ1n) is 9.08. The number of fused-ring (bicyclic) bond motifs is 1. The number of nitrogens with zero attached hydrogens (tertiary/aromatic N) is 3. The molecule has 1 heterocycles. The van der Waals surface area contributed by atoms with Crippen LogP contribution in [-0.2, 0) is 11.4 Å². The summed E-state index contributed by atoms with van der Waals surface area (Å²) in [5.41, 5.74) is 0.715. The topological polar surface area (TPSA) is 95.1 Å². The van der Waals surface area contributed by atoms with Crippen LogP contribution < -0.4 is 15.9 Å². The first-order valence-corrected chi connectivity index (χ1v) is 10.1. The summed E-state index contributed by atoms with van der Waals surface area (Å²) >= 11 is 1.15. The van der Waals surface area contributed by atoms with Crippen LogP contribution in [0.3, 0.4) is 0 Å². The molecule has 0 radical (unpaired) electrons. The van der Waals surface area contributed by atoms with Gasteiger partial charge in [-0.3, -0.25) is 4.79 Å². The first-order chi connectivity index (χ1) is 14.6. The Kier molecular flexibility index (Phi) is 5.80. The number of carbonyl (C=O) groups excluding carboxylic acids is 1. The number of ether oxygens (including phenoxy) is 1. The third-order valence-electron chi connectivity index (χ3n) is 4.29. The minimum absolute atomic E-state index is 0.0473. The number of thioether (sulfide) groups is 1. The predicted octanol–water partition coefficient (Wildman–Crippen LogP) is 3.59. The minimum atomic E-state index is -0.472. The molecular weight excluding hydrogens is 405 g/mol. The number of amides is 1. The van der Waals surface area contributed by atoms with Crippen molar-refractivity contribution >= 4 is 34.1 Å². The quantitative estimate of drug-likeness (QED) is 0.348. The van der Waals surface area contributed by atoms with Crippen molar-refractivity contribution in [2.75, 3.05) is 16.9 Å². The van der Waals surface area contributed by atoms with Gasteiger partial charge < -0.3 is 15.9 Å². The number of anilines is 1. The van der Waals surface area contributed by atoms with E-state index in [9.17, 15) is 9.18 Å². The predicted molar refractivity (Wildman–Crippen MR) is 114 cm³/mol. The lowest BCUT2D eigenvalue weighted by atomic mass is 10.1. The number of hydrogen-bond acceptors (Lipinski definition) is 6. The maximum Gasteiger partial charge on any atom is 0.234 e. The Labute approximate surface area is 176 Å². The van der Waals surface area contributed by atoms with Crippen molar-refractivity contribution in [3.63, 3.8) is 0 Å². The van der Waals surface area contributed by atoms with E-state index in [1.807, 2.05) is 42.5 Å². The third kappa shape index (κ3) is 4.52. The van der Waals surface area contributed by atoms with Crippen LogP contribution in [0, 0.1) is 5.82 Å².